The summed E-state index contributed by atoms with van der Waals surface area (Å²) in [7, 11) is 5.17. The lowest BCUT2D eigenvalue weighted by Crippen LogP contribution is -2.34. The standard InChI is InChI=1S/C12H23N5O2/c1-9-10(11(13)14)12(16(2)15-9)17(5-7-18-3)6-8-19-4/h5-8H2,1-4H3,(H3,13,14). The number of hydrogen-bond donors (Lipinski definition) is 2. The number of nitrogens with two attached hydrogens (primary N) is 1. The van der Waals surface area contributed by atoms with E-state index < -0.39 is 0 Å². The van der Waals surface area contributed by atoms with Crippen LogP contribution < -0.4 is 10.6 Å². The minimum absolute atomic E-state index is 0.0282. The molecule has 1 aromatic heterocycles. The van der Waals surface area contributed by atoms with Gasteiger partial charge in [0.15, 0.2) is 0 Å². The summed E-state index contributed by atoms with van der Waals surface area (Å²) in [6.07, 6.45) is 0. The first-order valence-electron chi connectivity index (χ1n) is 6.13. The van der Waals surface area contributed by atoms with E-state index in [9.17, 15) is 0 Å². The van der Waals surface area contributed by atoms with Gasteiger partial charge in [-0.25, -0.2) is 0 Å². The minimum Gasteiger partial charge on any atom is -0.384 e. The monoisotopic (exact) mass is 269 g/mol. The molecule has 0 amide bonds. The molecule has 0 fully saturated rings. The van der Waals surface area contributed by atoms with E-state index in [1.807, 2.05) is 14.0 Å². The van der Waals surface area contributed by atoms with E-state index >= 15 is 0 Å². The average Bonchev–Trinajstić information content (AvgIpc) is 2.65. The maximum atomic E-state index is 7.71. The van der Waals surface area contributed by atoms with E-state index in [0.717, 1.165) is 11.5 Å². The Balaban J connectivity index is 3.09. The van der Waals surface area contributed by atoms with Gasteiger partial charge in [0.05, 0.1) is 24.5 Å². The molecule has 0 aromatic carbocycles. The molecule has 1 heterocycles. The zero-order valence-corrected chi connectivity index (χ0v) is 12.1. The Labute approximate surface area is 113 Å². The van der Waals surface area contributed by atoms with E-state index in [1.54, 1.807) is 18.9 Å². The molecule has 0 bridgehead atoms. The second-order valence-electron chi connectivity index (χ2n) is 4.29. The van der Waals surface area contributed by atoms with E-state index in [1.165, 1.54) is 0 Å². The lowest BCUT2D eigenvalue weighted by molar-refractivity contribution is 0.189. The van der Waals surface area contributed by atoms with Gasteiger partial charge in [0.1, 0.15) is 11.7 Å². The van der Waals surface area contributed by atoms with Gasteiger partial charge in [0, 0.05) is 34.4 Å². The highest BCUT2D eigenvalue weighted by Crippen LogP contribution is 2.22. The summed E-state index contributed by atoms with van der Waals surface area (Å²) >= 11 is 0. The number of hydrogen-bond acceptors (Lipinski definition) is 5. The van der Waals surface area contributed by atoms with Crippen LogP contribution in [-0.4, -0.2) is 56.1 Å². The highest BCUT2D eigenvalue weighted by atomic mass is 16.5. The normalized spacial score (nSPS) is 10.7. The van der Waals surface area contributed by atoms with Crippen LogP contribution in [0.1, 0.15) is 11.3 Å². The van der Waals surface area contributed by atoms with Gasteiger partial charge in [-0.15, -0.1) is 0 Å². The third-order valence-electron chi connectivity index (χ3n) is 2.89. The van der Waals surface area contributed by atoms with Crippen LogP contribution in [0.5, 0.6) is 0 Å². The largest absolute Gasteiger partial charge is 0.384 e. The number of aromatic nitrogens is 2. The molecule has 0 saturated carbocycles. The summed E-state index contributed by atoms with van der Waals surface area (Å²) in [4.78, 5) is 2.07. The van der Waals surface area contributed by atoms with Gasteiger partial charge >= 0.3 is 0 Å². The molecule has 1 aromatic rings. The molecule has 19 heavy (non-hydrogen) atoms. The van der Waals surface area contributed by atoms with Crippen molar-refractivity contribution >= 4 is 11.7 Å². The number of amidine groups is 1. The predicted octanol–water partition coefficient (Wildman–Crippen LogP) is 0.112. The lowest BCUT2D eigenvalue weighted by atomic mass is 10.2. The summed E-state index contributed by atoms with van der Waals surface area (Å²) < 4.78 is 12.0. The molecule has 0 unspecified atom stereocenters. The van der Waals surface area contributed by atoms with Crippen LogP contribution in [0.25, 0.3) is 0 Å². The number of methoxy groups -OCH3 is 2. The molecular weight excluding hydrogens is 246 g/mol. The Morgan fingerprint density at radius 2 is 1.84 bits per heavy atom. The van der Waals surface area contributed by atoms with Gasteiger partial charge in [-0.05, 0) is 6.92 Å². The third-order valence-corrected chi connectivity index (χ3v) is 2.89. The summed E-state index contributed by atoms with van der Waals surface area (Å²) in [6.45, 7) is 4.42. The maximum absolute atomic E-state index is 7.71. The van der Waals surface area contributed by atoms with E-state index in [-0.39, 0.29) is 5.84 Å². The summed E-state index contributed by atoms with van der Waals surface area (Å²) in [5.41, 5.74) is 7.09. The number of aryl methyl sites for hydroxylation is 2. The number of ether oxygens (including phenoxy) is 2. The second-order valence-corrected chi connectivity index (χ2v) is 4.29. The van der Waals surface area contributed by atoms with Crippen molar-refractivity contribution in [1.82, 2.24) is 9.78 Å². The number of nitrogen functional groups attached to an aromatic ring is 1. The van der Waals surface area contributed by atoms with Crippen molar-refractivity contribution in [1.29, 1.82) is 5.41 Å². The molecule has 0 saturated heterocycles. The molecule has 7 heteroatoms. The predicted molar refractivity (Wildman–Crippen MR) is 74.9 cm³/mol. The van der Waals surface area contributed by atoms with Crippen molar-refractivity contribution in [2.45, 2.75) is 6.92 Å². The molecule has 0 aliphatic heterocycles. The Morgan fingerprint density at radius 1 is 1.32 bits per heavy atom. The second kappa shape index (κ2) is 7.10. The van der Waals surface area contributed by atoms with Crippen molar-refractivity contribution < 1.29 is 9.47 Å². The van der Waals surface area contributed by atoms with Crippen LogP contribution in [0.3, 0.4) is 0 Å². The fraction of sp³-hybridized carbons (Fsp3) is 0.667. The highest BCUT2D eigenvalue weighted by molar-refractivity contribution is 6.00. The quantitative estimate of drug-likeness (QED) is 0.516. The van der Waals surface area contributed by atoms with Crippen molar-refractivity contribution in [3.05, 3.63) is 11.3 Å². The van der Waals surface area contributed by atoms with E-state index in [2.05, 4.69) is 10.00 Å². The van der Waals surface area contributed by atoms with Gasteiger partial charge in [-0.3, -0.25) is 10.1 Å². The molecule has 1 rings (SSSR count). The first kappa shape index (κ1) is 15.5. The first-order chi connectivity index (χ1) is 9.02. The Kier molecular flexibility index (Phi) is 5.78. The van der Waals surface area contributed by atoms with Gasteiger partial charge < -0.3 is 20.1 Å². The molecule has 0 spiro atoms. The van der Waals surface area contributed by atoms with Crippen LogP contribution in [0.15, 0.2) is 0 Å². The molecule has 3 N–H and O–H groups in total. The number of nitrogens with zero attached hydrogens (tertiary/aromatic N) is 3. The minimum atomic E-state index is 0.0282. The average molecular weight is 269 g/mol. The van der Waals surface area contributed by atoms with Crippen LogP contribution >= 0.6 is 0 Å². The van der Waals surface area contributed by atoms with Gasteiger partial charge in [0.25, 0.3) is 0 Å². The highest BCUT2D eigenvalue weighted by Gasteiger charge is 2.21. The molecule has 0 aliphatic carbocycles. The van der Waals surface area contributed by atoms with Gasteiger partial charge in [0.2, 0.25) is 0 Å². The van der Waals surface area contributed by atoms with Crippen molar-refractivity contribution in [2.75, 3.05) is 45.4 Å². The Hall–Kier alpha value is -1.60. The summed E-state index contributed by atoms with van der Waals surface area (Å²) in [5.74, 6) is 0.861. The van der Waals surface area contributed by atoms with Gasteiger partial charge in [-0.1, -0.05) is 0 Å². The molecule has 0 radical (unpaired) electrons. The molecule has 108 valence electrons. The topological polar surface area (TPSA) is 89.4 Å². The van der Waals surface area contributed by atoms with Crippen molar-refractivity contribution in [3.63, 3.8) is 0 Å². The smallest absolute Gasteiger partial charge is 0.138 e. The molecule has 0 aliphatic rings. The third kappa shape index (κ3) is 3.68. The summed E-state index contributed by atoms with van der Waals surface area (Å²) in [6, 6.07) is 0. The van der Waals surface area contributed by atoms with Gasteiger partial charge in [-0.2, -0.15) is 5.10 Å². The summed E-state index contributed by atoms with van der Waals surface area (Å²) in [5, 5.41) is 12.1. The lowest BCUT2D eigenvalue weighted by Gasteiger charge is -2.25. The molecular formula is C12H23N5O2. The number of anilines is 1. The zero-order chi connectivity index (χ0) is 14.4. The SMILES string of the molecule is COCCN(CCOC)c1c(C(=N)N)c(C)nn1C. The molecule has 7 nitrogen and oxygen atoms in total. The number of rotatable bonds is 8. The molecule has 0 atom stereocenters. The van der Waals surface area contributed by atoms with Crippen LogP contribution in [-0.2, 0) is 16.5 Å². The van der Waals surface area contributed by atoms with Crippen LogP contribution in [0.4, 0.5) is 5.82 Å². The van der Waals surface area contributed by atoms with Crippen LogP contribution in [0, 0.1) is 12.3 Å². The fourth-order valence-electron chi connectivity index (χ4n) is 2.05. The maximum Gasteiger partial charge on any atom is 0.138 e. The zero-order valence-electron chi connectivity index (χ0n) is 12.1. The van der Waals surface area contributed by atoms with E-state index in [0.29, 0.717) is 31.9 Å². The number of nitrogens with one attached hydrogen (secondary N) is 1. The first-order valence-corrected chi connectivity index (χ1v) is 6.13. The fourth-order valence-corrected chi connectivity index (χ4v) is 2.05. The van der Waals surface area contributed by atoms with E-state index in [4.69, 9.17) is 20.6 Å². The Morgan fingerprint density at radius 3 is 2.26 bits per heavy atom. The Bertz CT molecular complexity index is 422. The van der Waals surface area contributed by atoms with Crippen molar-refractivity contribution in [2.24, 2.45) is 12.8 Å². The van der Waals surface area contributed by atoms with Crippen molar-refractivity contribution in [3.8, 4) is 0 Å². The van der Waals surface area contributed by atoms with Crippen LogP contribution in [0.2, 0.25) is 0 Å².